The van der Waals surface area contributed by atoms with Crippen LogP contribution in [0.1, 0.15) is 28.9 Å². The maximum atomic E-state index is 11.8. The first-order valence-electron chi connectivity index (χ1n) is 6.21. The molecule has 1 N–H and O–H groups in total. The van der Waals surface area contributed by atoms with E-state index in [0.29, 0.717) is 21.7 Å². The SMILES string of the molecule is COC(=O)C1CCC(CNC(=O)c2ccc(Cl)s2)C1. The molecule has 1 heterocycles. The maximum Gasteiger partial charge on any atom is 0.308 e. The van der Waals surface area contributed by atoms with Crippen molar-refractivity contribution in [2.24, 2.45) is 11.8 Å². The van der Waals surface area contributed by atoms with E-state index in [9.17, 15) is 9.59 Å². The lowest BCUT2D eigenvalue weighted by atomic mass is 10.1. The Morgan fingerprint density at radius 3 is 2.89 bits per heavy atom. The lowest BCUT2D eigenvalue weighted by Crippen LogP contribution is -2.28. The second kappa shape index (κ2) is 6.39. The molecule has 0 radical (unpaired) electrons. The van der Waals surface area contributed by atoms with Crippen molar-refractivity contribution in [1.29, 1.82) is 0 Å². The van der Waals surface area contributed by atoms with Crippen molar-refractivity contribution in [3.63, 3.8) is 0 Å². The van der Waals surface area contributed by atoms with Gasteiger partial charge in [-0.25, -0.2) is 0 Å². The molecule has 2 rings (SSSR count). The van der Waals surface area contributed by atoms with Crippen LogP contribution in [0.3, 0.4) is 0 Å². The molecular weight excluding hydrogens is 286 g/mol. The Labute approximate surface area is 121 Å². The van der Waals surface area contributed by atoms with E-state index in [1.807, 2.05) is 0 Å². The molecule has 1 aliphatic carbocycles. The lowest BCUT2D eigenvalue weighted by Gasteiger charge is -2.11. The number of thiophene rings is 1. The Balaban J connectivity index is 1.78. The number of ether oxygens (including phenoxy) is 1. The number of nitrogens with one attached hydrogen (secondary N) is 1. The van der Waals surface area contributed by atoms with Crippen LogP contribution in [0, 0.1) is 11.8 Å². The first-order chi connectivity index (χ1) is 9.10. The number of carbonyl (C=O) groups excluding carboxylic acids is 2. The first kappa shape index (κ1) is 14.3. The summed E-state index contributed by atoms with van der Waals surface area (Å²) in [4.78, 5) is 23.9. The van der Waals surface area contributed by atoms with Crippen LogP contribution < -0.4 is 5.32 Å². The van der Waals surface area contributed by atoms with Gasteiger partial charge < -0.3 is 10.1 Å². The minimum absolute atomic E-state index is 0.0110. The van der Waals surface area contributed by atoms with E-state index in [1.54, 1.807) is 12.1 Å². The summed E-state index contributed by atoms with van der Waals surface area (Å²) in [6.45, 7) is 0.599. The summed E-state index contributed by atoms with van der Waals surface area (Å²) in [5.74, 6) is 0.101. The van der Waals surface area contributed by atoms with Crippen LogP contribution >= 0.6 is 22.9 Å². The number of methoxy groups -OCH3 is 1. The van der Waals surface area contributed by atoms with Gasteiger partial charge in [-0.3, -0.25) is 9.59 Å². The summed E-state index contributed by atoms with van der Waals surface area (Å²) < 4.78 is 5.35. The number of hydrogen-bond donors (Lipinski definition) is 1. The van der Waals surface area contributed by atoms with Gasteiger partial charge in [0, 0.05) is 6.54 Å². The van der Waals surface area contributed by atoms with E-state index in [-0.39, 0.29) is 17.8 Å². The normalized spacial score (nSPS) is 22.2. The highest BCUT2D eigenvalue weighted by atomic mass is 35.5. The maximum absolute atomic E-state index is 11.8. The van der Waals surface area contributed by atoms with E-state index in [2.05, 4.69) is 5.32 Å². The standard InChI is InChI=1S/C13H16ClNO3S/c1-18-13(17)9-3-2-8(6-9)7-15-12(16)10-4-5-11(14)19-10/h4-5,8-9H,2-3,6-7H2,1H3,(H,15,16). The van der Waals surface area contributed by atoms with Gasteiger partial charge in [0.05, 0.1) is 22.2 Å². The van der Waals surface area contributed by atoms with Gasteiger partial charge in [0.1, 0.15) is 0 Å². The van der Waals surface area contributed by atoms with Crippen LogP contribution in [-0.2, 0) is 9.53 Å². The fraction of sp³-hybridized carbons (Fsp3) is 0.538. The van der Waals surface area contributed by atoms with Gasteiger partial charge in [0.2, 0.25) is 0 Å². The van der Waals surface area contributed by atoms with Crippen molar-refractivity contribution in [3.8, 4) is 0 Å². The average Bonchev–Trinajstić information content (AvgIpc) is 3.04. The Bertz CT molecular complexity index is 474. The van der Waals surface area contributed by atoms with Gasteiger partial charge in [-0.05, 0) is 37.3 Å². The molecule has 1 saturated carbocycles. The fourth-order valence-electron chi connectivity index (χ4n) is 2.40. The summed E-state index contributed by atoms with van der Waals surface area (Å²) in [7, 11) is 1.41. The predicted octanol–water partition coefficient (Wildman–Crippen LogP) is 2.72. The van der Waals surface area contributed by atoms with Gasteiger partial charge in [0.15, 0.2) is 0 Å². The number of carbonyl (C=O) groups is 2. The van der Waals surface area contributed by atoms with Crippen molar-refractivity contribution >= 4 is 34.8 Å². The predicted molar refractivity (Wildman–Crippen MR) is 74.5 cm³/mol. The second-order valence-corrected chi connectivity index (χ2v) is 6.43. The Kier molecular flexibility index (Phi) is 4.82. The van der Waals surface area contributed by atoms with Gasteiger partial charge in [-0.1, -0.05) is 11.6 Å². The summed E-state index contributed by atoms with van der Waals surface area (Å²) in [6, 6.07) is 3.43. The van der Waals surface area contributed by atoms with Crippen molar-refractivity contribution < 1.29 is 14.3 Å². The smallest absolute Gasteiger partial charge is 0.308 e. The minimum Gasteiger partial charge on any atom is -0.469 e. The number of halogens is 1. The second-order valence-electron chi connectivity index (χ2n) is 4.71. The summed E-state index contributed by atoms with van der Waals surface area (Å²) in [6.07, 6.45) is 2.58. The van der Waals surface area contributed by atoms with Crippen LogP contribution in [0.2, 0.25) is 4.34 Å². The van der Waals surface area contributed by atoms with Crippen LogP contribution in [0.25, 0.3) is 0 Å². The molecular formula is C13H16ClNO3S. The van der Waals surface area contributed by atoms with Crippen molar-refractivity contribution in [2.45, 2.75) is 19.3 Å². The van der Waals surface area contributed by atoms with Crippen molar-refractivity contribution in [3.05, 3.63) is 21.3 Å². The number of rotatable bonds is 4. The van der Waals surface area contributed by atoms with E-state index in [1.165, 1.54) is 18.4 Å². The van der Waals surface area contributed by atoms with E-state index < -0.39 is 0 Å². The zero-order valence-corrected chi connectivity index (χ0v) is 12.2. The Hall–Kier alpha value is -1.07. The molecule has 4 nitrogen and oxygen atoms in total. The molecule has 19 heavy (non-hydrogen) atoms. The molecule has 1 fully saturated rings. The molecule has 0 saturated heterocycles. The highest BCUT2D eigenvalue weighted by Gasteiger charge is 2.30. The van der Waals surface area contributed by atoms with E-state index in [4.69, 9.17) is 16.3 Å². The van der Waals surface area contributed by atoms with Crippen molar-refractivity contribution in [1.82, 2.24) is 5.32 Å². The highest BCUT2D eigenvalue weighted by molar-refractivity contribution is 7.17. The van der Waals surface area contributed by atoms with E-state index in [0.717, 1.165) is 19.3 Å². The third-order valence-electron chi connectivity index (χ3n) is 3.42. The third kappa shape index (κ3) is 3.70. The molecule has 0 aliphatic heterocycles. The van der Waals surface area contributed by atoms with Crippen LogP contribution in [0.5, 0.6) is 0 Å². The molecule has 2 unspecified atom stereocenters. The number of hydrogen-bond acceptors (Lipinski definition) is 4. The molecule has 1 aliphatic rings. The zero-order chi connectivity index (χ0) is 13.8. The van der Waals surface area contributed by atoms with Crippen LogP contribution in [-0.4, -0.2) is 25.5 Å². The third-order valence-corrected chi connectivity index (χ3v) is 4.65. The zero-order valence-electron chi connectivity index (χ0n) is 10.6. The van der Waals surface area contributed by atoms with E-state index >= 15 is 0 Å². The van der Waals surface area contributed by atoms with Gasteiger partial charge >= 0.3 is 5.97 Å². The molecule has 2 atom stereocenters. The van der Waals surface area contributed by atoms with Crippen LogP contribution in [0.4, 0.5) is 0 Å². The Morgan fingerprint density at radius 1 is 1.47 bits per heavy atom. The number of esters is 1. The fourth-order valence-corrected chi connectivity index (χ4v) is 3.36. The Morgan fingerprint density at radius 2 is 2.26 bits per heavy atom. The van der Waals surface area contributed by atoms with Gasteiger partial charge in [0.25, 0.3) is 5.91 Å². The monoisotopic (exact) mass is 301 g/mol. The summed E-state index contributed by atoms with van der Waals surface area (Å²) in [5, 5.41) is 2.89. The van der Waals surface area contributed by atoms with Gasteiger partial charge in [-0.2, -0.15) is 0 Å². The number of amides is 1. The largest absolute Gasteiger partial charge is 0.469 e. The first-order valence-corrected chi connectivity index (χ1v) is 7.41. The van der Waals surface area contributed by atoms with Crippen molar-refractivity contribution in [2.75, 3.05) is 13.7 Å². The molecule has 0 aromatic carbocycles. The molecule has 0 spiro atoms. The topological polar surface area (TPSA) is 55.4 Å². The summed E-state index contributed by atoms with van der Waals surface area (Å²) >= 11 is 7.06. The highest BCUT2D eigenvalue weighted by Crippen LogP contribution is 2.31. The molecule has 104 valence electrons. The molecule has 6 heteroatoms. The minimum atomic E-state index is -0.140. The van der Waals surface area contributed by atoms with Gasteiger partial charge in [-0.15, -0.1) is 11.3 Å². The lowest BCUT2D eigenvalue weighted by molar-refractivity contribution is -0.145. The quantitative estimate of drug-likeness (QED) is 0.870. The molecule has 1 aromatic heterocycles. The average molecular weight is 302 g/mol. The summed E-state index contributed by atoms with van der Waals surface area (Å²) in [5.41, 5.74) is 0. The van der Waals surface area contributed by atoms with Crippen LogP contribution in [0.15, 0.2) is 12.1 Å². The molecule has 0 bridgehead atoms. The molecule has 1 aromatic rings. The molecule has 1 amide bonds.